The molecule has 1 amide bonds. The second-order valence-corrected chi connectivity index (χ2v) is 5.95. The van der Waals surface area contributed by atoms with E-state index in [0.29, 0.717) is 10.6 Å². The standard InChI is InChI=1S/C13H15Cl2N3O/c14-11-5-8(6-16-12(11)15)13(19)17-9-3-4-18(7-9)10-1-2-10/h5-6,9-10H,1-4,7H2,(H,17,19). The number of pyridine rings is 1. The monoisotopic (exact) mass is 299 g/mol. The van der Waals surface area contributed by atoms with Gasteiger partial charge in [-0.25, -0.2) is 4.98 Å². The average Bonchev–Trinajstić information content (AvgIpc) is 3.14. The second-order valence-electron chi connectivity index (χ2n) is 5.18. The summed E-state index contributed by atoms with van der Waals surface area (Å²) in [7, 11) is 0. The van der Waals surface area contributed by atoms with E-state index in [1.165, 1.54) is 19.0 Å². The molecule has 1 unspecified atom stereocenters. The van der Waals surface area contributed by atoms with Crippen molar-refractivity contribution in [2.75, 3.05) is 13.1 Å². The van der Waals surface area contributed by atoms with Crippen molar-refractivity contribution in [3.05, 3.63) is 28.0 Å². The number of carbonyl (C=O) groups excluding carboxylic acids is 1. The van der Waals surface area contributed by atoms with E-state index >= 15 is 0 Å². The lowest BCUT2D eigenvalue weighted by Crippen LogP contribution is -2.37. The van der Waals surface area contributed by atoms with Crippen LogP contribution in [0.4, 0.5) is 0 Å². The van der Waals surface area contributed by atoms with Crippen LogP contribution in [0, 0.1) is 0 Å². The molecule has 1 aliphatic heterocycles. The van der Waals surface area contributed by atoms with E-state index in [2.05, 4.69) is 15.2 Å². The van der Waals surface area contributed by atoms with Crippen LogP contribution in [0.3, 0.4) is 0 Å². The molecule has 1 aromatic heterocycles. The lowest BCUT2D eigenvalue weighted by atomic mass is 10.2. The number of carbonyl (C=O) groups is 1. The number of hydrogen-bond acceptors (Lipinski definition) is 3. The Bertz CT molecular complexity index is 505. The molecule has 4 nitrogen and oxygen atoms in total. The van der Waals surface area contributed by atoms with E-state index in [4.69, 9.17) is 23.2 Å². The van der Waals surface area contributed by atoms with Crippen molar-refractivity contribution in [1.29, 1.82) is 0 Å². The van der Waals surface area contributed by atoms with E-state index < -0.39 is 0 Å². The van der Waals surface area contributed by atoms with Gasteiger partial charge in [0.25, 0.3) is 5.91 Å². The van der Waals surface area contributed by atoms with Gasteiger partial charge in [0, 0.05) is 31.4 Å². The van der Waals surface area contributed by atoms with Crippen molar-refractivity contribution >= 4 is 29.1 Å². The molecule has 6 heteroatoms. The van der Waals surface area contributed by atoms with Crippen LogP contribution in [0.15, 0.2) is 12.3 Å². The lowest BCUT2D eigenvalue weighted by molar-refractivity contribution is 0.0937. The SMILES string of the molecule is O=C(NC1CCN(C2CC2)C1)c1cnc(Cl)c(Cl)c1. The average molecular weight is 300 g/mol. The van der Waals surface area contributed by atoms with Crippen molar-refractivity contribution in [3.8, 4) is 0 Å². The van der Waals surface area contributed by atoms with Gasteiger partial charge in [0.05, 0.1) is 10.6 Å². The van der Waals surface area contributed by atoms with Crippen LogP contribution in [0.5, 0.6) is 0 Å². The highest BCUT2D eigenvalue weighted by Crippen LogP contribution is 2.29. The molecule has 1 aromatic rings. The number of nitrogens with one attached hydrogen (secondary N) is 1. The van der Waals surface area contributed by atoms with Gasteiger partial charge in [0.2, 0.25) is 0 Å². The van der Waals surface area contributed by atoms with E-state index in [1.807, 2.05) is 0 Å². The largest absolute Gasteiger partial charge is 0.348 e. The number of hydrogen-bond donors (Lipinski definition) is 1. The highest BCUT2D eigenvalue weighted by Gasteiger charge is 2.34. The van der Waals surface area contributed by atoms with Gasteiger partial charge in [-0.05, 0) is 25.3 Å². The first-order chi connectivity index (χ1) is 9.13. The molecule has 1 aliphatic carbocycles. The molecule has 0 radical (unpaired) electrons. The molecule has 2 heterocycles. The zero-order valence-corrected chi connectivity index (χ0v) is 11.9. The summed E-state index contributed by atoms with van der Waals surface area (Å²) in [5.41, 5.74) is 0.458. The first-order valence-corrected chi connectivity index (χ1v) is 7.25. The predicted molar refractivity (Wildman–Crippen MR) is 74.7 cm³/mol. The fourth-order valence-electron chi connectivity index (χ4n) is 2.49. The molecule has 2 fully saturated rings. The van der Waals surface area contributed by atoms with Crippen molar-refractivity contribution in [3.63, 3.8) is 0 Å². The van der Waals surface area contributed by atoms with Crippen molar-refractivity contribution in [1.82, 2.24) is 15.2 Å². The fourth-order valence-corrected chi connectivity index (χ4v) is 2.76. The minimum absolute atomic E-state index is 0.131. The molecule has 102 valence electrons. The van der Waals surface area contributed by atoms with Crippen LogP contribution in [-0.4, -0.2) is 41.0 Å². The molecule has 19 heavy (non-hydrogen) atoms. The molecule has 1 saturated heterocycles. The molecule has 2 aliphatic rings. The normalized spacial score (nSPS) is 23.6. The van der Waals surface area contributed by atoms with Crippen LogP contribution < -0.4 is 5.32 Å². The summed E-state index contributed by atoms with van der Waals surface area (Å²) in [4.78, 5) is 18.4. The third-order valence-electron chi connectivity index (χ3n) is 3.68. The van der Waals surface area contributed by atoms with Crippen molar-refractivity contribution in [2.24, 2.45) is 0 Å². The summed E-state index contributed by atoms with van der Waals surface area (Å²) in [5.74, 6) is -0.131. The Labute approximate surface area is 122 Å². The number of likely N-dealkylation sites (tertiary alicyclic amines) is 1. The van der Waals surface area contributed by atoms with Crippen LogP contribution in [0.25, 0.3) is 0 Å². The zero-order chi connectivity index (χ0) is 13.4. The highest BCUT2D eigenvalue weighted by atomic mass is 35.5. The Morgan fingerprint density at radius 1 is 1.37 bits per heavy atom. The summed E-state index contributed by atoms with van der Waals surface area (Å²) in [6.07, 6.45) is 5.07. The second kappa shape index (κ2) is 5.27. The van der Waals surface area contributed by atoms with Gasteiger partial charge in [0.1, 0.15) is 5.15 Å². The smallest absolute Gasteiger partial charge is 0.253 e. The summed E-state index contributed by atoms with van der Waals surface area (Å²) in [6.45, 7) is 2.03. The van der Waals surface area contributed by atoms with Gasteiger partial charge in [-0.2, -0.15) is 0 Å². The summed E-state index contributed by atoms with van der Waals surface area (Å²) in [6, 6.07) is 2.54. The molecular formula is C13H15Cl2N3O. The molecular weight excluding hydrogens is 285 g/mol. The maximum absolute atomic E-state index is 12.1. The van der Waals surface area contributed by atoms with Gasteiger partial charge in [-0.1, -0.05) is 23.2 Å². The molecule has 0 aromatic carbocycles. The lowest BCUT2D eigenvalue weighted by Gasteiger charge is -2.15. The van der Waals surface area contributed by atoms with E-state index in [1.54, 1.807) is 6.07 Å². The van der Waals surface area contributed by atoms with Crippen molar-refractivity contribution in [2.45, 2.75) is 31.3 Å². The highest BCUT2D eigenvalue weighted by molar-refractivity contribution is 6.41. The van der Waals surface area contributed by atoms with Gasteiger partial charge >= 0.3 is 0 Å². The van der Waals surface area contributed by atoms with Crippen LogP contribution in [0.1, 0.15) is 29.6 Å². The Balaban J connectivity index is 1.60. The number of nitrogens with zero attached hydrogens (tertiary/aromatic N) is 2. The predicted octanol–water partition coefficient (Wildman–Crippen LogP) is 2.35. The van der Waals surface area contributed by atoms with E-state index in [0.717, 1.165) is 25.6 Å². The third-order valence-corrected chi connectivity index (χ3v) is 4.36. The minimum atomic E-state index is -0.131. The van der Waals surface area contributed by atoms with Crippen LogP contribution >= 0.6 is 23.2 Å². The Morgan fingerprint density at radius 2 is 2.16 bits per heavy atom. The Hall–Kier alpha value is -0.840. The van der Waals surface area contributed by atoms with Crippen LogP contribution in [0.2, 0.25) is 10.2 Å². The van der Waals surface area contributed by atoms with E-state index in [9.17, 15) is 4.79 Å². The first-order valence-electron chi connectivity index (χ1n) is 6.49. The molecule has 0 spiro atoms. The summed E-state index contributed by atoms with van der Waals surface area (Å²) >= 11 is 11.6. The minimum Gasteiger partial charge on any atom is -0.348 e. The van der Waals surface area contributed by atoms with Gasteiger partial charge in [-0.15, -0.1) is 0 Å². The van der Waals surface area contributed by atoms with Gasteiger partial charge < -0.3 is 5.32 Å². The molecule has 3 rings (SSSR count). The van der Waals surface area contributed by atoms with Crippen molar-refractivity contribution < 1.29 is 4.79 Å². The number of aromatic nitrogens is 1. The molecule has 1 N–H and O–H groups in total. The van der Waals surface area contributed by atoms with Crippen LogP contribution in [-0.2, 0) is 0 Å². The van der Waals surface area contributed by atoms with E-state index in [-0.39, 0.29) is 17.1 Å². The maximum atomic E-state index is 12.1. The topological polar surface area (TPSA) is 45.2 Å². The summed E-state index contributed by atoms with van der Waals surface area (Å²) in [5, 5.41) is 3.56. The molecule has 1 atom stereocenters. The van der Waals surface area contributed by atoms with Gasteiger partial charge in [0.15, 0.2) is 0 Å². The maximum Gasteiger partial charge on any atom is 0.253 e. The van der Waals surface area contributed by atoms with Gasteiger partial charge in [-0.3, -0.25) is 9.69 Å². The zero-order valence-electron chi connectivity index (χ0n) is 10.4. The molecule has 1 saturated carbocycles. The molecule has 0 bridgehead atoms. The fraction of sp³-hybridized carbons (Fsp3) is 0.538. The summed E-state index contributed by atoms with van der Waals surface area (Å²) < 4.78 is 0. The third kappa shape index (κ3) is 3.02. The number of rotatable bonds is 3. The number of amides is 1. The first kappa shape index (κ1) is 13.2. The Kier molecular flexibility index (Phi) is 3.65. The Morgan fingerprint density at radius 3 is 2.84 bits per heavy atom. The quantitative estimate of drug-likeness (QED) is 0.872. The number of halogens is 2.